The molecule has 0 saturated carbocycles. The number of fused-ring (bicyclic) bond motifs is 1. The first kappa shape index (κ1) is 14.2. The summed E-state index contributed by atoms with van der Waals surface area (Å²) < 4.78 is 18.8. The maximum Gasteiger partial charge on any atom is 0.220 e. The van der Waals surface area contributed by atoms with E-state index in [0.29, 0.717) is 25.2 Å². The van der Waals surface area contributed by atoms with E-state index in [1.165, 1.54) is 12.1 Å². The molecule has 0 spiro atoms. The van der Waals surface area contributed by atoms with Crippen LogP contribution >= 0.6 is 11.8 Å². The van der Waals surface area contributed by atoms with Crippen LogP contribution in [0.2, 0.25) is 0 Å². The van der Waals surface area contributed by atoms with Crippen molar-refractivity contribution in [2.24, 2.45) is 0 Å². The van der Waals surface area contributed by atoms with Gasteiger partial charge in [-0.1, -0.05) is 0 Å². The van der Waals surface area contributed by atoms with Crippen molar-refractivity contribution in [2.75, 3.05) is 18.6 Å². The predicted octanol–water partition coefficient (Wildman–Crippen LogP) is 2.91. The monoisotopic (exact) mass is 283 g/mol. The maximum absolute atomic E-state index is 13.3. The fraction of sp³-hybridized carbons (Fsp3) is 0.500. The number of amides is 1. The van der Waals surface area contributed by atoms with E-state index < -0.39 is 0 Å². The van der Waals surface area contributed by atoms with Crippen LogP contribution in [-0.2, 0) is 4.79 Å². The molecular formula is C14H18FNO2S. The molecular weight excluding hydrogens is 265 g/mol. The predicted molar refractivity (Wildman–Crippen MR) is 75.0 cm³/mol. The third-order valence-corrected chi connectivity index (χ3v) is 3.80. The Morgan fingerprint density at radius 1 is 1.58 bits per heavy atom. The molecule has 0 fully saturated rings. The van der Waals surface area contributed by atoms with Crippen LogP contribution in [-0.4, -0.2) is 24.5 Å². The number of rotatable bonds is 5. The largest absolute Gasteiger partial charge is 0.493 e. The zero-order valence-electron chi connectivity index (χ0n) is 10.9. The van der Waals surface area contributed by atoms with Gasteiger partial charge in [0.2, 0.25) is 5.91 Å². The summed E-state index contributed by atoms with van der Waals surface area (Å²) in [5.41, 5.74) is 0.740. The lowest BCUT2D eigenvalue weighted by Crippen LogP contribution is -2.32. The maximum atomic E-state index is 13.3. The van der Waals surface area contributed by atoms with Gasteiger partial charge in [-0.3, -0.25) is 4.79 Å². The van der Waals surface area contributed by atoms with Crippen LogP contribution in [0.25, 0.3) is 0 Å². The van der Waals surface area contributed by atoms with E-state index in [1.807, 2.05) is 6.26 Å². The quantitative estimate of drug-likeness (QED) is 0.844. The van der Waals surface area contributed by atoms with Crippen LogP contribution in [0.1, 0.15) is 30.9 Å². The molecule has 1 aliphatic heterocycles. The Morgan fingerprint density at radius 2 is 2.42 bits per heavy atom. The zero-order valence-corrected chi connectivity index (χ0v) is 11.8. The summed E-state index contributed by atoms with van der Waals surface area (Å²) in [6.07, 6.45) is 4.09. The molecule has 0 aliphatic carbocycles. The highest BCUT2D eigenvalue weighted by molar-refractivity contribution is 7.98. The Kier molecular flexibility index (Phi) is 5.07. The highest BCUT2D eigenvalue weighted by Gasteiger charge is 2.23. The Balaban J connectivity index is 1.99. The lowest BCUT2D eigenvalue weighted by Gasteiger charge is -2.26. The molecule has 0 saturated heterocycles. The van der Waals surface area contributed by atoms with E-state index in [4.69, 9.17) is 4.74 Å². The second-order valence-corrected chi connectivity index (χ2v) is 5.52. The summed E-state index contributed by atoms with van der Waals surface area (Å²) in [5.74, 6) is 1.37. The van der Waals surface area contributed by atoms with Crippen molar-refractivity contribution in [2.45, 2.75) is 25.3 Å². The molecule has 1 aliphatic rings. The second-order valence-electron chi connectivity index (χ2n) is 4.54. The van der Waals surface area contributed by atoms with Crippen LogP contribution in [0.15, 0.2) is 18.2 Å². The number of ether oxygens (including phenoxy) is 1. The molecule has 2 rings (SSSR count). The molecule has 1 unspecified atom stereocenters. The molecule has 5 heteroatoms. The van der Waals surface area contributed by atoms with Crippen LogP contribution in [0, 0.1) is 5.82 Å². The second kappa shape index (κ2) is 6.80. The Morgan fingerprint density at radius 3 is 3.21 bits per heavy atom. The molecule has 19 heavy (non-hydrogen) atoms. The molecule has 1 atom stereocenters. The minimum atomic E-state index is -0.300. The summed E-state index contributed by atoms with van der Waals surface area (Å²) >= 11 is 1.73. The minimum absolute atomic E-state index is 0.0242. The van der Waals surface area contributed by atoms with Crippen molar-refractivity contribution in [3.8, 4) is 5.75 Å². The summed E-state index contributed by atoms with van der Waals surface area (Å²) in [4.78, 5) is 11.8. The lowest BCUT2D eigenvalue weighted by molar-refractivity contribution is -0.122. The molecule has 0 radical (unpaired) electrons. The van der Waals surface area contributed by atoms with Crippen molar-refractivity contribution in [1.82, 2.24) is 5.32 Å². The Labute approximate surface area is 116 Å². The van der Waals surface area contributed by atoms with E-state index in [1.54, 1.807) is 17.8 Å². The van der Waals surface area contributed by atoms with E-state index in [9.17, 15) is 9.18 Å². The lowest BCUT2D eigenvalue weighted by atomic mass is 10.00. The van der Waals surface area contributed by atoms with Crippen LogP contribution in [0.3, 0.4) is 0 Å². The van der Waals surface area contributed by atoms with Gasteiger partial charge in [0.1, 0.15) is 11.6 Å². The molecule has 104 valence electrons. The first-order valence-corrected chi connectivity index (χ1v) is 7.80. The average Bonchev–Trinajstić information content (AvgIpc) is 2.40. The molecule has 1 heterocycles. The number of carbonyl (C=O) groups is 1. The van der Waals surface area contributed by atoms with Crippen LogP contribution in [0.5, 0.6) is 5.75 Å². The number of hydrogen-bond donors (Lipinski definition) is 1. The molecule has 1 N–H and O–H groups in total. The van der Waals surface area contributed by atoms with E-state index >= 15 is 0 Å². The van der Waals surface area contributed by atoms with Gasteiger partial charge in [0.05, 0.1) is 12.6 Å². The molecule has 1 aromatic carbocycles. The van der Waals surface area contributed by atoms with Gasteiger partial charge in [-0.2, -0.15) is 11.8 Å². The zero-order chi connectivity index (χ0) is 13.7. The van der Waals surface area contributed by atoms with Crippen LogP contribution < -0.4 is 10.1 Å². The number of benzene rings is 1. The highest BCUT2D eigenvalue weighted by atomic mass is 32.2. The number of carbonyl (C=O) groups excluding carboxylic acids is 1. The third-order valence-electron chi connectivity index (χ3n) is 3.10. The first-order chi connectivity index (χ1) is 9.20. The van der Waals surface area contributed by atoms with Gasteiger partial charge in [0.25, 0.3) is 0 Å². The van der Waals surface area contributed by atoms with Gasteiger partial charge >= 0.3 is 0 Å². The van der Waals surface area contributed by atoms with Gasteiger partial charge < -0.3 is 10.1 Å². The highest BCUT2D eigenvalue weighted by Crippen LogP contribution is 2.32. The smallest absolute Gasteiger partial charge is 0.220 e. The van der Waals surface area contributed by atoms with E-state index in [-0.39, 0.29) is 17.8 Å². The number of hydrogen-bond acceptors (Lipinski definition) is 3. The molecule has 1 amide bonds. The Hall–Kier alpha value is -1.23. The molecule has 0 aromatic heterocycles. The fourth-order valence-corrected chi connectivity index (χ4v) is 2.59. The van der Waals surface area contributed by atoms with Gasteiger partial charge in [-0.15, -0.1) is 0 Å². The third kappa shape index (κ3) is 3.86. The van der Waals surface area contributed by atoms with Crippen molar-refractivity contribution in [1.29, 1.82) is 0 Å². The van der Waals surface area contributed by atoms with Crippen molar-refractivity contribution >= 4 is 17.7 Å². The SMILES string of the molecule is CSCCCC(=O)NC1CCOc2ccc(F)cc21. The number of thioether (sulfide) groups is 1. The molecule has 3 nitrogen and oxygen atoms in total. The first-order valence-electron chi connectivity index (χ1n) is 6.41. The Bertz CT molecular complexity index is 453. The van der Waals surface area contributed by atoms with Crippen molar-refractivity contribution in [3.05, 3.63) is 29.6 Å². The van der Waals surface area contributed by atoms with Crippen molar-refractivity contribution in [3.63, 3.8) is 0 Å². The molecule has 0 bridgehead atoms. The van der Waals surface area contributed by atoms with Gasteiger partial charge in [0, 0.05) is 18.4 Å². The van der Waals surface area contributed by atoms with Crippen molar-refractivity contribution < 1.29 is 13.9 Å². The van der Waals surface area contributed by atoms with Crippen LogP contribution in [0.4, 0.5) is 4.39 Å². The van der Waals surface area contributed by atoms with Gasteiger partial charge in [0.15, 0.2) is 0 Å². The number of nitrogens with one attached hydrogen (secondary N) is 1. The average molecular weight is 283 g/mol. The standard InChI is InChI=1S/C14H18FNO2S/c1-19-8-2-3-14(17)16-12-6-7-18-13-5-4-10(15)9-11(12)13/h4-5,9,12H,2-3,6-8H2,1H3,(H,16,17). The minimum Gasteiger partial charge on any atom is -0.493 e. The van der Waals surface area contributed by atoms with Gasteiger partial charge in [-0.05, 0) is 36.6 Å². The van der Waals surface area contributed by atoms with E-state index in [2.05, 4.69) is 5.32 Å². The normalized spacial score (nSPS) is 17.5. The van der Waals surface area contributed by atoms with Gasteiger partial charge in [-0.25, -0.2) is 4.39 Å². The number of halogens is 1. The summed E-state index contributed by atoms with van der Waals surface area (Å²) in [5, 5.41) is 2.97. The summed E-state index contributed by atoms with van der Waals surface area (Å²) in [6.45, 7) is 0.550. The summed E-state index contributed by atoms with van der Waals surface area (Å²) in [6, 6.07) is 4.31. The topological polar surface area (TPSA) is 38.3 Å². The molecule has 1 aromatic rings. The van der Waals surface area contributed by atoms with E-state index in [0.717, 1.165) is 17.7 Å². The summed E-state index contributed by atoms with van der Waals surface area (Å²) in [7, 11) is 0. The fourth-order valence-electron chi connectivity index (χ4n) is 2.16.